The van der Waals surface area contributed by atoms with Gasteiger partial charge in [-0.2, -0.15) is 8.78 Å². The minimum Gasteiger partial charge on any atom is -0.369 e. The van der Waals surface area contributed by atoms with Crippen molar-refractivity contribution in [2.24, 2.45) is 5.84 Å². The molecule has 0 unspecified atom stereocenters. The second-order valence-electron chi connectivity index (χ2n) is 2.08. The van der Waals surface area contributed by atoms with Crippen molar-refractivity contribution in [3.63, 3.8) is 0 Å². The number of rotatable bonds is 5. The molecule has 1 amide bonds. The Labute approximate surface area is 71.0 Å². The van der Waals surface area contributed by atoms with Gasteiger partial charge in [-0.25, -0.2) is 14.6 Å². The smallest absolute Gasteiger partial charge is 0.348 e. The van der Waals surface area contributed by atoms with E-state index in [1.54, 1.807) is 0 Å². The Bertz CT molecular complexity index is 176. The van der Waals surface area contributed by atoms with Crippen LogP contribution in [0.1, 0.15) is 0 Å². The molecule has 0 aromatic rings. The first kappa shape index (κ1) is 12.1. The van der Waals surface area contributed by atoms with Gasteiger partial charge in [-0.1, -0.05) is 0 Å². The number of amides is 1. The summed E-state index contributed by atoms with van der Waals surface area (Å²) in [6, 6.07) is 0. The van der Waals surface area contributed by atoms with E-state index >= 15 is 0 Å². The van der Waals surface area contributed by atoms with Crippen LogP contribution in [-0.4, -0.2) is 31.5 Å². The van der Waals surface area contributed by atoms with Crippen molar-refractivity contribution >= 4 is 5.91 Å². The summed E-state index contributed by atoms with van der Waals surface area (Å²) in [5.74, 6) is -1.25. The molecule has 0 atom stereocenters. The molecule has 0 bridgehead atoms. The Kier molecular flexibility index (Phi) is 4.63. The zero-order valence-corrected chi connectivity index (χ0v) is 6.40. The molecule has 0 fully saturated rings. The lowest BCUT2D eigenvalue weighted by Crippen LogP contribution is -2.46. The fourth-order valence-electron chi connectivity index (χ4n) is 0.447. The van der Waals surface area contributed by atoms with Gasteiger partial charge in [-0.3, -0.25) is 10.2 Å². The van der Waals surface area contributed by atoms with Crippen molar-refractivity contribution in [3.8, 4) is 0 Å². The van der Waals surface area contributed by atoms with E-state index in [-0.39, 0.29) is 0 Å². The zero-order chi connectivity index (χ0) is 10.5. The molecule has 0 aromatic heterocycles. The summed E-state index contributed by atoms with van der Waals surface area (Å²) in [6.07, 6.45) is -2.85. The van der Waals surface area contributed by atoms with Crippen LogP contribution in [0, 0.1) is 0 Å². The maximum Gasteiger partial charge on any atom is 0.348 e. The first-order chi connectivity index (χ1) is 5.90. The monoisotopic (exact) mass is 204 g/mol. The zero-order valence-electron chi connectivity index (χ0n) is 6.40. The van der Waals surface area contributed by atoms with Gasteiger partial charge in [0.2, 0.25) is 0 Å². The average molecular weight is 204 g/mol. The number of hydrogen-bond acceptors (Lipinski definition) is 3. The van der Waals surface area contributed by atoms with Crippen LogP contribution >= 0.6 is 0 Å². The number of carbonyl (C=O) groups is 1. The van der Waals surface area contributed by atoms with Gasteiger partial charge in [0.1, 0.15) is 13.2 Å². The summed E-state index contributed by atoms with van der Waals surface area (Å²) < 4.78 is 51.5. The minimum absolute atomic E-state index is 1.15. The van der Waals surface area contributed by atoms with Crippen molar-refractivity contribution in [1.29, 1.82) is 0 Å². The van der Waals surface area contributed by atoms with Crippen LogP contribution in [0.25, 0.3) is 0 Å². The summed E-state index contributed by atoms with van der Waals surface area (Å²) >= 11 is 0. The second-order valence-corrected chi connectivity index (χ2v) is 2.08. The van der Waals surface area contributed by atoms with Crippen LogP contribution in [0.15, 0.2) is 0 Å². The molecule has 0 aromatic carbocycles. The van der Waals surface area contributed by atoms with E-state index < -0.39 is 31.5 Å². The third-order valence-corrected chi connectivity index (χ3v) is 0.990. The van der Waals surface area contributed by atoms with Crippen molar-refractivity contribution in [1.82, 2.24) is 5.43 Å². The lowest BCUT2D eigenvalue weighted by molar-refractivity contribution is -0.157. The van der Waals surface area contributed by atoms with Gasteiger partial charge >= 0.3 is 11.8 Å². The third kappa shape index (κ3) is 4.63. The predicted octanol–water partition coefficient (Wildman–Crippen LogP) is -0.107. The normalized spacial score (nSPS) is 11.8. The lowest BCUT2D eigenvalue weighted by atomic mass is 10.3. The molecule has 4 nitrogen and oxygen atoms in total. The van der Waals surface area contributed by atoms with Crippen molar-refractivity contribution < 1.29 is 27.1 Å². The maximum atomic E-state index is 12.4. The number of carbonyl (C=O) groups excluding carboxylic acids is 1. The molecule has 13 heavy (non-hydrogen) atoms. The largest absolute Gasteiger partial charge is 0.369 e. The van der Waals surface area contributed by atoms with Crippen molar-refractivity contribution in [3.05, 3.63) is 0 Å². The Morgan fingerprint density at radius 3 is 2.46 bits per heavy atom. The third-order valence-electron chi connectivity index (χ3n) is 0.990. The van der Waals surface area contributed by atoms with Gasteiger partial charge in [0.25, 0.3) is 6.43 Å². The molecule has 0 aliphatic rings. The molecule has 8 heteroatoms. The number of nitrogens with one attached hydrogen (secondary N) is 1. The predicted molar refractivity (Wildman–Crippen MR) is 34.1 cm³/mol. The molecule has 0 aliphatic heterocycles. The molecule has 0 spiro atoms. The number of hydrazine groups is 1. The first-order valence-electron chi connectivity index (χ1n) is 3.15. The molecule has 0 radical (unpaired) electrons. The highest BCUT2D eigenvalue weighted by Gasteiger charge is 2.38. The van der Waals surface area contributed by atoms with Crippen LogP contribution in [-0.2, 0) is 9.53 Å². The van der Waals surface area contributed by atoms with Crippen molar-refractivity contribution in [2.45, 2.75) is 12.3 Å². The van der Waals surface area contributed by atoms with Crippen LogP contribution in [0.3, 0.4) is 0 Å². The Balaban J connectivity index is 3.82. The lowest BCUT2D eigenvalue weighted by Gasteiger charge is -2.13. The number of hydrogen-bond donors (Lipinski definition) is 2. The molecular formula is C5H8F4N2O2. The van der Waals surface area contributed by atoms with E-state index in [0.29, 0.717) is 0 Å². The van der Waals surface area contributed by atoms with E-state index in [1.165, 1.54) is 5.43 Å². The summed E-state index contributed by atoms with van der Waals surface area (Å²) in [4.78, 5) is 10.3. The highest BCUT2D eigenvalue weighted by Crippen LogP contribution is 2.13. The molecule has 0 aliphatic carbocycles. The second kappa shape index (κ2) is 4.97. The van der Waals surface area contributed by atoms with Gasteiger partial charge in [0, 0.05) is 0 Å². The summed E-state index contributed by atoms with van der Waals surface area (Å²) in [5, 5.41) is 0. The van der Waals surface area contributed by atoms with Crippen LogP contribution in [0.2, 0.25) is 0 Å². The SMILES string of the molecule is NNC(=O)C(F)(F)COCC(F)F. The standard InChI is InChI=1S/C5H8F4N2O2/c6-3(7)1-13-2-5(8,9)4(12)11-10/h3H,1-2,10H2,(H,11,12). The highest BCUT2D eigenvalue weighted by molar-refractivity contribution is 5.82. The number of alkyl halides is 4. The van der Waals surface area contributed by atoms with Crippen molar-refractivity contribution in [2.75, 3.05) is 13.2 Å². The summed E-state index contributed by atoms with van der Waals surface area (Å²) in [7, 11) is 0. The van der Waals surface area contributed by atoms with Crippen LogP contribution in [0.5, 0.6) is 0 Å². The fraction of sp³-hybridized carbons (Fsp3) is 0.800. The van der Waals surface area contributed by atoms with Crippen LogP contribution in [0.4, 0.5) is 17.6 Å². The molecule has 78 valence electrons. The topological polar surface area (TPSA) is 64.3 Å². The molecule has 0 rings (SSSR count). The Hall–Kier alpha value is -0.890. The molecule has 0 saturated carbocycles. The van der Waals surface area contributed by atoms with E-state index in [0.717, 1.165) is 0 Å². The minimum atomic E-state index is -3.89. The maximum absolute atomic E-state index is 12.4. The van der Waals surface area contributed by atoms with Gasteiger partial charge < -0.3 is 4.74 Å². The number of ether oxygens (including phenoxy) is 1. The summed E-state index contributed by atoms with van der Waals surface area (Å²) in [6.45, 7) is -2.56. The number of halogens is 4. The first-order valence-corrected chi connectivity index (χ1v) is 3.15. The highest BCUT2D eigenvalue weighted by atomic mass is 19.3. The van der Waals surface area contributed by atoms with E-state index in [9.17, 15) is 22.4 Å². The molecular weight excluding hydrogens is 196 g/mol. The fourth-order valence-corrected chi connectivity index (χ4v) is 0.447. The quantitative estimate of drug-likeness (QED) is 0.284. The van der Waals surface area contributed by atoms with E-state index in [1.807, 2.05) is 0 Å². The molecule has 0 saturated heterocycles. The molecule has 0 heterocycles. The Morgan fingerprint density at radius 2 is 2.08 bits per heavy atom. The average Bonchev–Trinajstić information content (AvgIpc) is 2.01. The number of nitrogens with two attached hydrogens (primary N) is 1. The van der Waals surface area contributed by atoms with Gasteiger partial charge in [-0.15, -0.1) is 0 Å². The van der Waals surface area contributed by atoms with Crippen LogP contribution < -0.4 is 11.3 Å². The Morgan fingerprint density at radius 1 is 1.54 bits per heavy atom. The summed E-state index contributed by atoms with van der Waals surface area (Å²) in [5.41, 5.74) is 1.19. The van der Waals surface area contributed by atoms with Gasteiger partial charge in [0.15, 0.2) is 0 Å². The van der Waals surface area contributed by atoms with E-state index in [4.69, 9.17) is 0 Å². The van der Waals surface area contributed by atoms with E-state index in [2.05, 4.69) is 10.6 Å². The molecule has 3 N–H and O–H groups in total. The van der Waals surface area contributed by atoms with Gasteiger partial charge in [-0.05, 0) is 0 Å². The van der Waals surface area contributed by atoms with Gasteiger partial charge in [0.05, 0.1) is 0 Å².